The molecule has 3 aromatic rings. The van der Waals surface area contributed by atoms with E-state index in [4.69, 9.17) is 14.5 Å². The van der Waals surface area contributed by atoms with Crippen molar-refractivity contribution >= 4 is 16.9 Å². The molecule has 0 amide bonds. The number of carbonyl (C=O) groups excluding carboxylic acids is 1. The van der Waals surface area contributed by atoms with E-state index in [1.54, 1.807) is 4.57 Å². The zero-order valence-corrected chi connectivity index (χ0v) is 22.0. The van der Waals surface area contributed by atoms with E-state index in [0.717, 1.165) is 40.8 Å². The minimum absolute atomic E-state index is 0.0422. The van der Waals surface area contributed by atoms with Crippen molar-refractivity contribution in [2.75, 3.05) is 6.54 Å². The van der Waals surface area contributed by atoms with Crippen LogP contribution in [0.5, 0.6) is 0 Å². The summed E-state index contributed by atoms with van der Waals surface area (Å²) in [4.78, 5) is 32.0. The van der Waals surface area contributed by atoms with Crippen LogP contribution < -0.4 is 10.9 Å². The van der Waals surface area contributed by atoms with E-state index in [-0.39, 0.29) is 12.2 Å². The Balaban J connectivity index is 1.73. The number of pyridine rings is 2. The number of hydrogen-bond donors (Lipinski definition) is 1. The Hall–Kier alpha value is -3.03. The SMILES string of the molecule is CCC1(OC(C)(C)C)C(=O)OCc2c1cc1n(c2=O)Cc2c-1nc1ccccc1c2CCNC(C)C. The Bertz CT molecular complexity index is 1420. The summed E-state index contributed by atoms with van der Waals surface area (Å²) >= 11 is 0. The summed E-state index contributed by atoms with van der Waals surface area (Å²) in [5, 5.41) is 4.63. The van der Waals surface area contributed by atoms with Crippen LogP contribution in [0, 0.1) is 0 Å². The Morgan fingerprint density at radius 1 is 1.19 bits per heavy atom. The first kappa shape index (κ1) is 24.7. The summed E-state index contributed by atoms with van der Waals surface area (Å²) in [5.41, 5.74) is 3.76. The molecule has 5 rings (SSSR count). The predicted molar refractivity (Wildman–Crippen MR) is 140 cm³/mol. The van der Waals surface area contributed by atoms with Crippen molar-refractivity contribution in [1.29, 1.82) is 0 Å². The van der Waals surface area contributed by atoms with Crippen LogP contribution in [0.3, 0.4) is 0 Å². The van der Waals surface area contributed by atoms with E-state index >= 15 is 0 Å². The number of esters is 1. The van der Waals surface area contributed by atoms with Gasteiger partial charge >= 0.3 is 5.97 Å². The van der Waals surface area contributed by atoms with E-state index in [2.05, 4.69) is 25.2 Å². The lowest BCUT2D eigenvalue weighted by Gasteiger charge is -2.40. The molecular weight excluding hydrogens is 454 g/mol. The summed E-state index contributed by atoms with van der Waals surface area (Å²) in [5.74, 6) is -0.443. The summed E-state index contributed by atoms with van der Waals surface area (Å²) < 4.78 is 13.7. The summed E-state index contributed by atoms with van der Waals surface area (Å²) in [6.07, 6.45) is 1.20. The predicted octanol–water partition coefficient (Wildman–Crippen LogP) is 4.44. The Kier molecular flexibility index (Phi) is 6.04. The maximum absolute atomic E-state index is 13.8. The van der Waals surface area contributed by atoms with Gasteiger partial charge in [0.25, 0.3) is 5.56 Å². The van der Waals surface area contributed by atoms with Crippen LogP contribution in [0.1, 0.15) is 70.2 Å². The van der Waals surface area contributed by atoms with Gasteiger partial charge in [-0.2, -0.15) is 0 Å². The highest BCUT2D eigenvalue weighted by molar-refractivity contribution is 5.89. The topological polar surface area (TPSA) is 82.5 Å². The number of fused-ring (bicyclic) bond motifs is 5. The number of hydrogen-bond acceptors (Lipinski definition) is 6. The van der Waals surface area contributed by atoms with Gasteiger partial charge in [0, 0.05) is 22.6 Å². The first-order valence-corrected chi connectivity index (χ1v) is 12.8. The molecule has 0 fully saturated rings. The maximum atomic E-state index is 13.8. The van der Waals surface area contributed by atoms with Gasteiger partial charge in [0.2, 0.25) is 0 Å². The molecule has 7 nitrogen and oxygen atoms in total. The quantitative estimate of drug-likeness (QED) is 0.403. The molecule has 36 heavy (non-hydrogen) atoms. The second-order valence-electron chi connectivity index (χ2n) is 11.1. The Morgan fingerprint density at radius 2 is 1.94 bits per heavy atom. The largest absolute Gasteiger partial charge is 0.458 e. The molecule has 0 saturated carbocycles. The number of aromatic nitrogens is 2. The second-order valence-corrected chi connectivity index (χ2v) is 11.1. The average molecular weight is 490 g/mol. The van der Waals surface area contributed by atoms with Gasteiger partial charge in [0.15, 0.2) is 5.60 Å². The number of rotatable bonds is 6. The maximum Gasteiger partial charge on any atom is 0.343 e. The summed E-state index contributed by atoms with van der Waals surface area (Å²) in [6.45, 7) is 13.1. The fraction of sp³-hybridized carbons (Fsp3) is 0.483. The van der Waals surface area contributed by atoms with Crippen molar-refractivity contribution in [3.8, 4) is 11.4 Å². The van der Waals surface area contributed by atoms with Crippen LogP contribution in [-0.4, -0.2) is 33.7 Å². The zero-order valence-electron chi connectivity index (χ0n) is 22.0. The van der Waals surface area contributed by atoms with Crippen LogP contribution >= 0.6 is 0 Å². The molecule has 2 aliphatic heterocycles. The summed E-state index contributed by atoms with van der Waals surface area (Å²) in [6, 6.07) is 10.5. The monoisotopic (exact) mass is 489 g/mol. The van der Waals surface area contributed by atoms with Crippen LogP contribution in [0.15, 0.2) is 35.1 Å². The number of para-hydroxylation sites is 1. The number of nitrogens with zero attached hydrogens (tertiary/aromatic N) is 2. The fourth-order valence-electron chi connectivity index (χ4n) is 5.56. The molecule has 2 aromatic heterocycles. The standard InChI is InChI=1S/C29H35N3O4/c1-7-29(36-28(4,5)6)22-14-24-25-20(15-32(24)26(33)21(22)16-35-27(29)34)18(12-13-30-17(2)3)19-10-8-9-11-23(19)31-25/h8-11,14,17,30H,7,12-13,15-16H2,1-6H3. The van der Waals surface area contributed by atoms with Crippen molar-refractivity contribution in [1.82, 2.24) is 14.9 Å². The fourth-order valence-corrected chi connectivity index (χ4v) is 5.56. The molecule has 1 aromatic carbocycles. The van der Waals surface area contributed by atoms with Crippen LogP contribution in [-0.2, 0) is 39.4 Å². The highest BCUT2D eigenvalue weighted by Crippen LogP contribution is 2.43. The van der Waals surface area contributed by atoms with E-state index in [1.165, 1.54) is 5.56 Å². The van der Waals surface area contributed by atoms with Crippen molar-refractivity contribution < 1.29 is 14.3 Å². The van der Waals surface area contributed by atoms with E-state index in [9.17, 15) is 9.59 Å². The average Bonchev–Trinajstić information content (AvgIpc) is 3.18. The number of nitrogens with one attached hydrogen (secondary N) is 1. The van der Waals surface area contributed by atoms with Crippen molar-refractivity contribution in [3.05, 3.63) is 62.9 Å². The molecule has 4 heterocycles. The molecule has 1 unspecified atom stereocenters. The van der Waals surface area contributed by atoms with E-state index in [0.29, 0.717) is 30.1 Å². The first-order valence-electron chi connectivity index (χ1n) is 12.8. The van der Waals surface area contributed by atoms with Gasteiger partial charge in [-0.15, -0.1) is 0 Å². The lowest BCUT2D eigenvalue weighted by atomic mass is 9.84. The summed E-state index contributed by atoms with van der Waals surface area (Å²) in [7, 11) is 0. The van der Waals surface area contributed by atoms with Crippen LogP contribution in [0.2, 0.25) is 0 Å². The third-order valence-corrected chi connectivity index (χ3v) is 7.09. The Morgan fingerprint density at radius 3 is 2.64 bits per heavy atom. The number of carbonyl (C=O) groups is 1. The molecule has 0 spiro atoms. The first-order chi connectivity index (χ1) is 17.1. The minimum Gasteiger partial charge on any atom is -0.458 e. The van der Waals surface area contributed by atoms with E-state index < -0.39 is 17.2 Å². The Labute approximate surface area is 211 Å². The molecular formula is C29H35N3O4. The molecule has 0 aliphatic carbocycles. The van der Waals surface area contributed by atoms with Gasteiger partial charge in [0.1, 0.15) is 6.61 Å². The van der Waals surface area contributed by atoms with Gasteiger partial charge in [-0.25, -0.2) is 9.78 Å². The van der Waals surface area contributed by atoms with Crippen molar-refractivity contribution in [3.63, 3.8) is 0 Å². The zero-order chi connectivity index (χ0) is 25.8. The van der Waals surface area contributed by atoms with Gasteiger partial charge in [-0.05, 0) is 57.9 Å². The molecule has 0 bridgehead atoms. The van der Waals surface area contributed by atoms with Crippen LogP contribution in [0.25, 0.3) is 22.3 Å². The lowest BCUT2D eigenvalue weighted by molar-refractivity contribution is -0.200. The molecule has 0 radical (unpaired) electrons. The molecule has 0 saturated heterocycles. The third-order valence-electron chi connectivity index (χ3n) is 7.09. The molecule has 7 heteroatoms. The number of cyclic esters (lactones) is 1. The molecule has 2 aliphatic rings. The normalized spacial score (nSPS) is 18.8. The van der Waals surface area contributed by atoms with Crippen LogP contribution in [0.4, 0.5) is 0 Å². The number of benzene rings is 1. The second kappa shape index (κ2) is 8.82. The lowest BCUT2D eigenvalue weighted by Crippen LogP contribution is -2.49. The minimum atomic E-state index is -1.33. The van der Waals surface area contributed by atoms with Gasteiger partial charge in [0.05, 0.1) is 34.6 Å². The van der Waals surface area contributed by atoms with Gasteiger partial charge in [-0.3, -0.25) is 4.79 Å². The third kappa shape index (κ3) is 3.95. The van der Waals surface area contributed by atoms with Crippen molar-refractivity contribution in [2.45, 2.75) is 84.8 Å². The van der Waals surface area contributed by atoms with Crippen molar-refractivity contribution in [2.24, 2.45) is 0 Å². The number of ether oxygens (including phenoxy) is 2. The van der Waals surface area contributed by atoms with Gasteiger partial charge in [-0.1, -0.05) is 39.0 Å². The molecule has 1 atom stereocenters. The molecule has 1 N–H and O–H groups in total. The van der Waals surface area contributed by atoms with Gasteiger partial charge < -0.3 is 19.4 Å². The highest BCUT2D eigenvalue weighted by atomic mass is 16.6. The smallest absolute Gasteiger partial charge is 0.343 e. The van der Waals surface area contributed by atoms with E-state index in [1.807, 2.05) is 52.0 Å². The molecule has 190 valence electrons. The highest BCUT2D eigenvalue weighted by Gasteiger charge is 2.50.